The molecule has 1 aromatic rings. The van der Waals surface area contributed by atoms with E-state index in [9.17, 15) is 9.59 Å². The first-order valence-electron chi connectivity index (χ1n) is 5.03. The maximum Gasteiger partial charge on any atom is 0.219 e. The minimum atomic E-state index is 0.0933. The molecule has 15 heavy (non-hydrogen) atoms. The first kappa shape index (κ1) is 9.96. The Morgan fingerprint density at radius 3 is 2.87 bits per heavy atom. The predicted octanol–water partition coefficient (Wildman–Crippen LogP) is 1.04. The lowest BCUT2D eigenvalue weighted by atomic mass is 10.1. The van der Waals surface area contributed by atoms with Crippen LogP contribution in [0.2, 0.25) is 0 Å². The van der Waals surface area contributed by atoms with Crippen molar-refractivity contribution < 1.29 is 14.0 Å². The molecule has 1 aliphatic rings. The van der Waals surface area contributed by atoms with E-state index in [0.29, 0.717) is 25.3 Å². The quantitative estimate of drug-likeness (QED) is 0.646. The summed E-state index contributed by atoms with van der Waals surface area (Å²) in [5.41, 5.74) is 1.06. The van der Waals surface area contributed by atoms with Crippen molar-refractivity contribution in [2.24, 2.45) is 0 Å². The van der Waals surface area contributed by atoms with Crippen LogP contribution in [0.4, 0.5) is 0 Å². The molecule has 4 nitrogen and oxygen atoms in total. The van der Waals surface area contributed by atoms with Gasteiger partial charge in [0.2, 0.25) is 5.91 Å². The van der Waals surface area contributed by atoms with Crippen LogP contribution in [-0.2, 0) is 17.6 Å². The average molecular weight is 207 g/mol. The summed E-state index contributed by atoms with van der Waals surface area (Å²) in [6.45, 7) is 2.96. The summed E-state index contributed by atoms with van der Waals surface area (Å²) in [5.74, 6) is 1.33. The number of carbonyl (C=O) groups is 2. The van der Waals surface area contributed by atoms with Crippen LogP contribution in [0.25, 0.3) is 0 Å². The molecule has 2 heterocycles. The molecule has 0 aromatic carbocycles. The normalized spacial score (nSPS) is 15.7. The molecule has 1 aliphatic heterocycles. The van der Waals surface area contributed by atoms with E-state index in [1.165, 1.54) is 0 Å². The van der Waals surface area contributed by atoms with Crippen LogP contribution < -0.4 is 0 Å². The van der Waals surface area contributed by atoms with E-state index >= 15 is 0 Å². The summed E-state index contributed by atoms with van der Waals surface area (Å²) in [6.07, 6.45) is 2.19. The highest BCUT2D eigenvalue weighted by Gasteiger charge is 2.19. The highest BCUT2D eigenvalue weighted by atomic mass is 16.3. The number of nitrogens with zero attached hydrogens (tertiary/aromatic N) is 1. The molecular weight excluding hydrogens is 194 g/mol. The smallest absolute Gasteiger partial charge is 0.219 e. The summed E-state index contributed by atoms with van der Waals surface area (Å²) >= 11 is 0. The van der Waals surface area contributed by atoms with Gasteiger partial charge < -0.3 is 9.32 Å². The Morgan fingerprint density at radius 1 is 1.47 bits per heavy atom. The highest BCUT2D eigenvalue weighted by molar-refractivity contribution is 5.73. The van der Waals surface area contributed by atoms with Crippen molar-refractivity contribution in [2.75, 3.05) is 13.1 Å². The topological polar surface area (TPSA) is 50.5 Å². The first-order chi connectivity index (χ1) is 7.20. The number of aldehydes is 1. The van der Waals surface area contributed by atoms with Crippen LogP contribution >= 0.6 is 0 Å². The number of fused-ring (bicyclic) bond motifs is 1. The molecule has 0 fully saturated rings. The van der Waals surface area contributed by atoms with E-state index < -0.39 is 0 Å². The summed E-state index contributed by atoms with van der Waals surface area (Å²) in [4.78, 5) is 23.5. The Balaban J connectivity index is 2.17. The van der Waals surface area contributed by atoms with Crippen molar-refractivity contribution in [3.05, 3.63) is 23.2 Å². The van der Waals surface area contributed by atoms with Crippen molar-refractivity contribution in [2.45, 2.75) is 19.8 Å². The number of hydrogen-bond acceptors (Lipinski definition) is 3. The lowest BCUT2D eigenvalue weighted by Crippen LogP contribution is -2.31. The van der Waals surface area contributed by atoms with E-state index in [1.54, 1.807) is 17.9 Å². The van der Waals surface area contributed by atoms with Gasteiger partial charge in [-0.15, -0.1) is 0 Å². The predicted molar refractivity (Wildman–Crippen MR) is 53.8 cm³/mol. The van der Waals surface area contributed by atoms with Crippen LogP contribution in [0.1, 0.15) is 28.8 Å². The van der Waals surface area contributed by atoms with Gasteiger partial charge in [-0.25, -0.2) is 0 Å². The standard InChI is InChI=1S/C11H13NO3/c1-8(14)12-4-2-9-6-10(7-13)15-11(9)3-5-12/h6-7H,2-5H2,1H3. The first-order valence-corrected chi connectivity index (χ1v) is 5.03. The summed E-state index contributed by atoms with van der Waals surface area (Å²) in [5, 5.41) is 0. The zero-order valence-corrected chi connectivity index (χ0v) is 8.66. The number of rotatable bonds is 1. The molecule has 2 rings (SSSR count). The van der Waals surface area contributed by atoms with Crippen LogP contribution in [0, 0.1) is 0 Å². The van der Waals surface area contributed by atoms with Crippen molar-refractivity contribution in [3.63, 3.8) is 0 Å². The number of amides is 1. The molecular formula is C11H13NO3. The SMILES string of the molecule is CC(=O)N1CCc2cc(C=O)oc2CC1. The largest absolute Gasteiger partial charge is 0.458 e. The lowest BCUT2D eigenvalue weighted by molar-refractivity contribution is -0.128. The third kappa shape index (κ3) is 1.93. The summed E-state index contributed by atoms with van der Waals surface area (Å²) in [6, 6.07) is 1.77. The van der Waals surface area contributed by atoms with Gasteiger partial charge in [0.25, 0.3) is 0 Å². The fraction of sp³-hybridized carbons (Fsp3) is 0.455. The Labute approximate surface area is 87.9 Å². The molecule has 0 N–H and O–H groups in total. The highest BCUT2D eigenvalue weighted by Crippen LogP contribution is 2.19. The number of furan rings is 1. The zero-order valence-electron chi connectivity index (χ0n) is 8.66. The van der Waals surface area contributed by atoms with Crippen LogP contribution in [0.3, 0.4) is 0 Å². The Kier molecular flexibility index (Phi) is 2.58. The van der Waals surface area contributed by atoms with Gasteiger partial charge in [-0.3, -0.25) is 9.59 Å². The second-order valence-corrected chi connectivity index (χ2v) is 3.72. The Morgan fingerprint density at radius 2 is 2.20 bits per heavy atom. The van der Waals surface area contributed by atoms with Crippen molar-refractivity contribution >= 4 is 12.2 Å². The molecule has 0 unspecified atom stereocenters. The third-order valence-electron chi connectivity index (χ3n) is 2.74. The van der Waals surface area contributed by atoms with E-state index in [-0.39, 0.29) is 5.91 Å². The summed E-state index contributed by atoms with van der Waals surface area (Å²) < 4.78 is 5.36. The van der Waals surface area contributed by atoms with Gasteiger partial charge in [-0.1, -0.05) is 0 Å². The van der Waals surface area contributed by atoms with Gasteiger partial charge in [0.05, 0.1) is 0 Å². The van der Waals surface area contributed by atoms with E-state index in [1.807, 2.05) is 0 Å². The van der Waals surface area contributed by atoms with Gasteiger partial charge in [-0.2, -0.15) is 0 Å². The average Bonchev–Trinajstić information content (AvgIpc) is 2.51. The van der Waals surface area contributed by atoms with Crippen molar-refractivity contribution in [1.82, 2.24) is 4.90 Å². The maximum atomic E-state index is 11.2. The fourth-order valence-corrected chi connectivity index (χ4v) is 1.89. The van der Waals surface area contributed by atoms with Crippen LogP contribution in [0.15, 0.2) is 10.5 Å². The molecule has 0 saturated heterocycles. The van der Waals surface area contributed by atoms with Gasteiger partial charge in [0.15, 0.2) is 12.0 Å². The lowest BCUT2D eigenvalue weighted by Gasteiger charge is -2.17. The molecule has 0 aliphatic carbocycles. The summed E-state index contributed by atoms with van der Waals surface area (Å²) in [7, 11) is 0. The molecule has 1 amide bonds. The molecule has 0 spiro atoms. The Hall–Kier alpha value is -1.58. The van der Waals surface area contributed by atoms with Crippen LogP contribution in [-0.4, -0.2) is 30.2 Å². The van der Waals surface area contributed by atoms with Gasteiger partial charge in [0, 0.05) is 26.4 Å². The van der Waals surface area contributed by atoms with Crippen molar-refractivity contribution in [3.8, 4) is 0 Å². The third-order valence-corrected chi connectivity index (χ3v) is 2.74. The number of hydrogen-bond donors (Lipinski definition) is 0. The molecule has 0 radical (unpaired) electrons. The van der Waals surface area contributed by atoms with Gasteiger partial charge >= 0.3 is 0 Å². The molecule has 1 aromatic heterocycles. The molecule has 0 bridgehead atoms. The molecule has 4 heteroatoms. The van der Waals surface area contributed by atoms with Crippen molar-refractivity contribution in [1.29, 1.82) is 0 Å². The van der Waals surface area contributed by atoms with E-state index in [0.717, 1.165) is 24.0 Å². The van der Waals surface area contributed by atoms with Crippen LogP contribution in [0.5, 0.6) is 0 Å². The number of carbonyl (C=O) groups excluding carboxylic acids is 2. The maximum absolute atomic E-state index is 11.2. The molecule has 80 valence electrons. The van der Waals surface area contributed by atoms with E-state index in [2.05, 4.69) is 0 Å². The molecule has 0 atom stereocenters. The van der Waals surface area contributed by atoms with Gasteiger partial charge in [-0.05, 0) is 18.1 Å². The van der Waals surface area contributed by atoms with Gasteiger partial charge in [0.1, 0.15) is 5.76 Å². The van der Waals surface area contributed by atoms with E-state index in [4.69, 9.17) is 4.42 Å². The second-order valence-electron chi connectivity index (χ2n) is 3.72. The zero-order chi connectivity index (χ0) is 10.8. The second kappa shape index (κ2) is 3.88. The Bertz CT molecular complexity index is 369. The fourth-order valence-electron chi connectivity index (χ4n) is 1.89. The minimum Gasteiger partial charge on any atom is -0.458 e. The monoisotopic (exact) mass is 207 g/mol. The minimum absolute atomic E-state index is 0.0933. The molecule has 0 saturated carbocycles.